The summed E-state index contributed by atoms with van der Waals surface area (Å²) >= 11 is 0. The molecule has 1 aromatic carbocycles. The van der Waals surface area contributed by atoms with Crippen LogP contribution in [0.4, 0.5) is 4.39 Å². The number of pyridine rings is 1. The van der Waals surface area contributed by atoms with Crippen LogP contribution < -0.4 is 0 Å². The number of nitrogens with zero attached hydrogens (tertiary/aromatic N) is 4. The van der Waals surface area contributed by atoms with Gasteiger partial charge in [-0.25, -0.2) is 4.39 Å². The lowest BCUT2D eigenvalue weighted by Crippen LogP contribution is -2.38. The van der Waals surface area contributed by atoms with Gasteiger partial charge >= 0.3 is 0 Å². The molecule has 5 nitrogen and oxygen atoms in total. The van der Waals surface area contributed by atoms with Gasteiger partial charge < -0.3 is 4.90 Å². The van der Waals surface area contributed by atoms with Crippen molar-refractivity contribution in [1.29, 1.82) is 0 Å². The fourth-order valence-corrected chi connectivity index (χ4v) is 3.38. The summed E-state index contributed by atoms with van der Waals surface area (Å²) in [5, 5.41) is 4.26. The molecule has 3 heterocycles. The Morgan fingerprint density at radius 1 is 1.24 bits per heavy atom. The maximum absolute atomic E-state index is 13.4. The summed E-state index contributed by atoms with van der Waals surface area (Å²) in [5.41, 5.74) is 3.63. The van der Waals surface area contributed by atoms with Crippen molar-refractivity contribution in [2.24, 2.45) is 7.05 Å². The van der Waals surface area contributed by atoms with E-state index in [4.69, 9.17) is 0 Å². The standard InChI is InChI=1S/C19H17FN4O/c1-23-10-15(8-22-23)18-12-24(11-13-4-2-3-5-17(13)18)19(25)14-6-16(20)9-21-7-14/h2-10,18H,11-12H2,1H3/t18-/m1/s1. The van der Waals surface area contributed by atoms with E-state index in [2.05, 4.69) is 16.1 Å². The van der Waals surface area contributed by atoms with E-state index in [1.54, 1.807) is 9.58 Å². The minimum Gasteiger partial charge on any atom is -0.333 e. The van der Waals surface area contributed by atoms with E-state index in [0.29, 0.717) is 13.1 Å². The van der Waals surface area contributed by atoms with E-state index in [1.165, 1.54) is 17.8 Å². The SMILES string of the molecule is Cn1cc([C@H]2CN(C(=O)c3cncc(F)c3)Cc3ccccc32)cn1. The summed E-state index contributed by atoms with van der Waals surface area (Å²) in [4.78, 5) is 18.4. The summed E-state index contributed by atoms with van der Waals surface area (Å²) in [5.74, 6) is -0.674. The molecule has 0 fully saturated rings. The highest BCUT2D eigenvalue weighted by Crippen LogP contribution is 2.33. The molecule has 3 aromatic rings. The second-order valence-corrected chi connectivity index (χ2v) is 6.28. The monoisotopic (exact) mass is 336 g/mol. The van der Waals surface area contributed by atoms with Gasteiger partial charge in [0.05, 0.1) is 18.0 Å². The summed E-state index contributed by atoms with van der Waals surface area (Å²) in [7, 11) is 1.87. The minimum absolute atomic E-state index is 0.0455. The van der Waals surface area contributed by atoms with E-state index in [9.17, 15) is 9.18 Å². The van der Waals surface area contributed by atoms with Gasteiger partial charge in [0.2, 0.25) is 0 Å². The number of rotatable bonds is 2. The highest BCUT2D eigenvalue weighted by molar-refractivity contribution is 5.94. The first-order valence-corrected chi connectivity index (χ1v) is 8.08. The third-order valence-corrected chi connectivity index (χ3v) is 4.56. The van der Waals surface area contributed by atoms with Crippen LogP contribution in [0.5, 0.6) is 0 Å². The number of carbonyl (C=O) groups is 1. The van der Waals surface area contributed by atoms with Gasteiger partial charge in [0, 0.05) is 38.4 Å². The van der Waals surface area contributed by atoms with Crippen LogP contribution in [0.2, 0.25) is 0 Å². The number of benzene rings is 1. The van der Waals surface area contributed by atoms with Crippen LogP contribution in [0.25, 0.3) is 0 Å². The van der Waals surface area contributed by atoms with E-state index in [-0.39, 0.29) is 17.4 Å². The molecule has 1 aliphatic rings. The predicted octanol–water partition coefficient (Wildman–Crippen LogP) is 2.74. The van der Waals surface area contributed by atoms with Crippen molar-refractivity contribution in [1.82, 2.24) is 19.7 Å². The van der Waals surface area contributed by atoms with Crippen LogP contribution in [0.15, 0.2) is 55.1 Å². The molecule has 0 radical (unpaired) electrons. The predicted molar refractivity (Wildman–Crippen MR) is 90.4 cm³/mol. The average molecular weight is 336 g/mol. The van der Waals surface area contributed by atoms with E-state index >= 15 is 0 Å². The normalized spacial score (nSPS) is 16.6. The Balaban J connectivity index is 1.71. The second kappa shape index (κ2) is 6.12. The molecule has 0 spiro atoms. The van der Waals surface area contributed by atoms with Crippen LogP contribution >= 0.6 is 0 Å². The first-order chi connectivity index (χ1) is 12.1. The Morgan fingerprint density at radius 2 is 2.08 bits per heavy atom. The van der Waals surface area contributed by atoms with Gasteiger partial charge in [0.15, 0.2) is 0 Å². The smallest absolute Gasteiger partial charge is 0.255 e. The number of hydrogen-bond donors (Lipinski definition) is 0. The first-order valence-electron chi connectivity index (χ1n) is 8.08. The van der Waals surface area contributed by atoms with Gasteiger partial charge in [-0.15, -0.1) is 0 Å². The van der Waals surface area contributed by atoms with Gasteiger partial charge in [-0.2, -0.15) is 5.10 Å². The highest BCUT2D eigenvalue weighted by atomic mass is 19.1. The van der Waals surface area contributed by atoms with Crippen LogP contribution in [0.1, 0.15) is 33.0 Å². The Kier molecular flexibility index (Phi) is 3.80. The lowest BCUT2D eigenvalue weighted by molar-refractivity contribution is 0.0724. The molecule has 0 unspecified atom stereocenters. The number of hydrogen-bond acceptors (Lipinski definition) is 3. The number of amides is 1. The van der Waals surface area contributed by atoms with E-state index < -0.39 is 5.82 Å². The van der Waals surface area contributed by atoms with Gasteiger partial charge in [0.25, 0.3) is 5.91 Å². The number of carbonyl (C=O) groups excluding carboxylic acids is 1. The zero-order chi connectivity index (χ0) is 17.4. The second-order valence-electron chi connectivity index (χ2n) is 6.28. The third-order valence-electron chi connectivity index (χ3n) is 4.56. The lowest BCUT2D eigenvalue weighted by Gasteiger charge is -2.34. The molecule has 25 heavy (non-hydrogen) atoms. The van der Waals surface area contributed by atoms with Crippen molar-refractivity contribution in [3.05, 3.63) is 83.2 Å². The van der Waals surface area contributed by atoms with E-state index in [0.717, 1.165) is 17.3 Å². The molecule has 4 rings (SSSR count). The zero-order valence-electron chi connectivity index (χ0n) is 13.8. The Morgan fingerprint density at radius 3 is 2.84 bits per heavy atom. The first kappa shape index (κ1) is 15.5. The van der Waals surface area contributed by atoms with Crippen LogP contribution in [-0.2, 0) is 13.6 Å². The molecule has 0 saturated carbocycles. The summed E-state index contributed by atoms with van der Waals surface area (Å²) in [6.07, 6.45) is 6.31. The Bertz CT molecular complexity index is 936. The van der Waals surface area contributed by atoms with Crippen LogP contribution in [0, 0.1) is 5.82 Å². The third kappa shape index (κ3) is 2.91. The van der Waals surface area contributed by atoms with Crippen molar-refractivity contribution in [2.75, 3.05) is 6.54 Å². The fraction of sp³-hybridized carbons (Fsp3) is 0.211. The molecule has 0 aliphatic carbocycles. The Hall–Kier alpha value is -3.02. The highest BCUT2D eigenvalue weighted by Gasteiger charge is 2.30. The minimum atomic E-state index is -0.507. The summed E-state index contributed by atoms with van der Waals surface area (Å²) in [6.45, 7) is 1.03. The van der Waals surface area contributed by atoms with E-state index in [1.807, 2.05) is 37.6 Å². The van der Waals surface area contributed by atoms with Crippen LogP contribution in [0.3, 0.4) is 0 Å². The number of halogens is 1. The van der Waals surface area contributed by atoms with Crippen molar-refractivity contribution in [3.8, 4) is 0 Å². The number of aryl methyl sites for hydroxylation is 1. The summed E-state index contributed by atoms with van der Waals surface area (Å²) in [6, 6.07) is 9.34. The molecule has 0 N–H and O–H groups in total. The molecular weight excluding hydrogens is 319 g/mol. The molecule has 1 atom stereocenters. The molecule has 126 valence electrons. The number of aromatic nitrogens is 3. The van der Waals surface area contributed by atoms with Crippen molar-refractivity contribution in [2.45, 2.75) is 12.5 Å². The molecule has 0 bridgehead atoms. The molecule has 1 amide bonds. The largest absolute Gasteiger partial charge is 0.333 e. The van der Waals surface area contributed by atoms with Gasteiger partial charge in [-0.05, 0) is 22.8 Å². The zero-order valence-corrected chi connectivity index (χ0v) is 13.8. The van der Waals surface area contributed by atoms with Gasteiger partial charge in [-0.3, -0.25) is 14.5 Å². The molecule has 1 aliphatic heterocycles. The molecular formula is C19H17FN4O. The maximum Gasteiger partial charge on any atom is 0.255 e. The molecule has 6 heteroatoms. The Labute approximate surface area is 144 Å². The summed E-state index contributed by atoms with van der Waals surface area (Å²) < 4.78 is 15.2. The molecule has 2 aromatic heterocycles. The number of fused-ring (bicyclic) bond motifs is 1. The fourth-order valence-electron chi connectivity index (χ4n) is 3.38. The topological polar surface area (TPSA) is 51.0 Å². The van der Waals surface area contributed by atoms with Gasteiger partial charge in [0.1, 0.15) is 5.82 Å². The quantitative estimate of drug-likeness (QED) is 0.723. The lowest BCUT2D eigenvalue weighted by atomic mass is 9.86. The average Bonchev–Trinajstić information content (AvgIpc) is 3.06. The van der Waals surface area contributed by atoms with Crippen molar-refractivity contribution < 1.29 is 9.18 Å². The van der Waals surface area contributed by atoms with Crippen molar-refractivity contribution in [3.63, 3.8) is 0 Å². The van der Waals surface area contributed by atoms with Crippen LogP contribution in [-0.4, -0.2) is 32.1 Å². The molecule has 0 saturated heterocycles. The van der Waals surface area contributed by atoms with Crippen molar-refractivity contribution >= 4 is 5.91 Å². The maximum atomic E-state index is 13.4. The van der Waals surface area contributed by atoms with Gasteiger partial charge in [-0.1, -0.05) is 24.3 Å².